The number of anilines is 1. The van der Waals surface area contributed by atoms with E-state index < -0.39 is 0 Å². The van der Waals surface area contributed by atoms with Crippen LogP contribution in [0.25, 0.3) is 0 Å². The zero-order valence-corrected chi connectivity index (χ0v) is 13.2. The lowest BCUT2D eigenvalue weighted by atomic mass is 10.0. The van der Waals surface area contributed by atoms with Crippen molar-refractivity contribution in [2.45, 2.75) is 38.9 Å². The molecule has 20 heavy (non-hydrogen) atoms. The molecule has 3 unspecified atom stereocenters. The summed E-state index contributed by atoms with van der Waals surface area (Å²) in [6.07, 6.45) is 0. The van der Waals surface area contributed by atoms with Gasteiger partial charge in [0, 0.05) is 48.5 Å². The third-order valence-electron chi connectivity index (χ3n) is 4.64. The summed E-state index contributed by atoms with van der Waals surface area (Å²) in [5.41, 5.74) is 2.06. The van der Waals surface area contributed by atoms with Crippen LogP contribution in [0.15, 0.2) is 18.2 Å². The van der Waals surface area contributed by atoms with Gasteiger partial charge in [0.25, 0.3) is 0 Å². The molecule has 0 saturated carbocycles. The first kappa shape index (κ1) is 15.1. The molecule has 1 aliphatic heterocycles. The molecule has 0 amide bonds. The van der Waals surface area contributed by atoms with Crippen molar-refractivity contribution in [2.75, 3.05) is 32.1 Å². The summed E-state index contributed by atoms with van der Waals surface area (Å²) in [6.45, 7) is 8.55. The third kappa shape index (κ3) is 2.91. The van der Waals surface area contributed by atoms with E-state index in [2.05, 4.69) is 49.0 Å². The summed E-state index contributed by atoms with van der Waals surface area (Å²) >= 11 is 0. The van der Waals surface area contributed by atoms with Gasteiger partial charge in [0.1, 0.15) is 5.75 Å². The lowest BCUT2D eigenvalue weighted by Crippen LogP contribution is -2.55. The van der Waals surface area contributed by atoms with Gasteiger partial charge in [0.2, 0.25) is 0 Å². The van der Waals surface area contributed by atoms with Crippen molar-refractivity contribution < 1.29 is 5.11 Å². The first-order valence-electron chi connectivity index (χ1n) is 7.41. The van der Waals surface area contributed by atoms with E-state index in [0.29, 0.717) is 17.8 Å². The minimum absolute atomic E-state index is 0.161. The van der Waals surface area contributed by atoms with Gasteiger partial charge in [0.15, 0.2) is 0 Å². The smallest absolute Gasteiger partial charge is 0.122 e. The molecule has 1 aromatic rings. The predicted octanol–water partition coefficient (Wildman–Crippen LogP) is 2.20. The van der Waals surface area contributed by atoms with Gasteiger partial charge in [-0.3, -0.25) is 4.90 Å². The first-order chi connectivity index (χ1) is 9.43. The summed E-state index contributed by atoms with van der Waals surface area (Å²) in [5.74, 6) is 0.378. The second-order valence-electron chi connectivity index (χ2n) is 6.02. The van der Waals surface area contributed by atoms with E-state index in [4.69, 9.17) is 0 Å². The fraction of sp³-hybridized carbons (Fsp3) is 0.625. The summed E-state index contributed by atoms with van der Waals surface area (Å²) in [5, 5.41) is 13.4. The Labute approximate surface area is 122 Å². The Kier molecular flexibility index (Phi) is 4.55. The van der Waals surface area contributed by atoms with Crippen molar-refractivity contribution in [3.63, 3.8) is 0 Å². The topological polar surface area (TPSA) is 38.7 Å². The molecule has 1 aliphatic rings. The van der Waals surface area contributed by atoms with E-state index in [0.717, 1.165) is 24.3 Å². The molecule has 2 N–H and O–H groups in total. The van der Waals surface area contributed by atoms with Crippen molar-refractivity contribution in [1.29, 1.82) is 0 Å². The molecule has 0 bridgehead atoms. The molecule has 4 heteroatoms. The van der Waals surface area contributed by atoms with Gasteiger partial charge in [-0.05, 0) is 40.9 Å². The Morgan fingerprint density at radius 3 is 2.35 bits per heavy atom. The van der Waals surface area contributed by atoms with E-state index in [9.17, 15) is 5.11 Å². The average molecular weight is 277 g/mol. The van der Waals surface area contributed by atoms with Gasteiger partial charge in [-0.1, -0.05) is 6.07 Å². The summed E-state index contributed by atoms with van der Waals surface area (Å²) in [6, 6.07) is 7.25. The van der Waals surface area contributed by atoms with Crippen LogP contribution in [0.1, 0.15) is 32.4 Å². The SMILES string of the molecule is CNC(C)c1ccc(N2CC(C)N(C)C(C)C2)cc1O. The molecule has 0 aromatic heterocycles. The Bertz CT molecular complexity index is 451. The van der Waals surface area contributed by atoms with Gasteiger partial charge < -0.3 is 15.3 Å². The lowest BCUT2D eigenvalue weighted by Gasteiger charge is -2.43. The first-order valence-corrected chi connectivity index (χ1v) is 7.41. The number of piperazine rings is 1. The molecular formula is C16H27N3O. The number of phenolic OH excluding ortho intramolecular Hbond substituents is 1. The number of phenols is 1. The number of hydrogen-bond acceptors (Lipinski definition) is 4. The Morgan fingerprint density at radius 1 is 1.25 bits per heavy atom. The van der Waals surface area contributed by atoms with Crippen LogP contribution in [0.4, 0.5) is 5.69 Å². The lowest BCUT2D eigenvalue weighted by molar-refractivity contribution is 0.170. The van der Waals surface area contributed by atoms with Gasteiger partial charge in [-0.2, -0.15) is 0 Å². The number of hydrogen-bond donors (Lipinski definition) is 2. The van der Waals surface area contributed by atoms with Crippen molar-refractivity contribution in [3.05, 3.63) is 23.8 Å². The van der Waals surface area contributed by atoms with Crippen molar-refractivity contribution in [1.82, 2.24) is 10.2 Å². The number of nitrogens with zero attached hydrogens (tertiary/aromatic N) is 2. The van der Waals surface area contributed by atoms with E-state index in [1.165, 1.54) is 0 Å². The standard InChI is InChI=1S/C16H27N3O/c1-11-9-19(10-12(2)18(11)5)14-6-7-15(13(3)17-4)16(20)8-14/h6-8,11-13,17,20H,9-10H2,1-5H3. The summed E-state index contributed by atoms with van der Waals surface area (Å²) in [4.78, 5) is 4.77. The molecular weight excluding hydrogens is 250 g/mol. The Morgan fingerprint density at radius 2 is 1.85 bits per heavy atom. The number of benzene rings is 1. The normalized spacial score (nSPS) is 25.8. The minimum Gasteiger partial charge on any atom is -0.508 e. The molecule has 0 spiro atoms. The molecule has 1 saturated heterocycles. The van der Waals surface area contributed by atoms with Crippen molar-refractivity contribution in [2.24, 2.45) is 0 Å². The van der Waals surface area contributed by atoms with Crippen molar-refractivity contribution >= 4 is 5.69 Å². The van der Waals surface area contributed by atoms with Crippen LogP contribution in [0.5, 0.6) is 5.75 Å². The van der Waals surface area contributed by atoms with E-state index >= 15 is 0 Å². The molecule has 112 valence electrons. The Hall–Kier alpha value is -1.26. The van der Waals surface area contributed by atoms with Crippen molar-refractivity contribution in [3.8, 4) is 5.75 Å². The molecule has 2 rings (SSSR count). The van der Waals surface area contributed by atoms with E-state index in [1.807, 2.05) is 19.2 Å². The summed E-state index contributed by atoms with van der Waals surface area (Å²) < 4.78 is 0. The van der Waals surface area contributed by atoms with Crippen LogP contribution in [-0.4, -0.2) is 49.3 Å². The van der Waals surface area contributed by atoms with Crippen LogP contribution in [0.2, 0.25) is 0 Å². The van der Waals surface area contributed by atoms with Crippen LogP contribution in [0, 0.1) is 0 Å². The molecule has 1 fully saturated rings. The third-order valence-corrected chi connectivity index (χ3v) is 4.64. The number of rotatable bonds is 3. The van der Waals surface area contributed by atoms with Crippen LogP contribution in [0.3, 0.4) is 0 Å². The minimum atomic E-state index is 0.161. The zero-order valence-electron chi connectivity index (χ0n) is 13.2. The second kappa shape index (κ2) is 6.02. The molecule has 0 aliphatic carbocycles. The maximum Gasteiger partial charge on any atom is 0.122 e. The average Bonchev–Trinajstić information content (AvgIpc) is 2.43. The highest BCUT2D eigenvalue weighted by Gasteiger charge is 2.27. The van der Waals surface area contributed by atoms with Crippen LogP contribution >= 0.6 is 0 Å². The monoisotopic (exact) mass is 277 g/mol. The van der Waals surface area contributed by atoms with Crippen LogP contribution in [-0.2, 0) is 0 Å². The predicted molar refractivity (Wildman–Crippen MR) is 84.5 cm³/mol. The number of nitrogens with one attached hydrogen (secondary N) is 1. The zero-order chi connectivity index (χ0) is 14.9. The van der Waals surface area contributed by atoms with E-state index in [1.54, 1.807) is 0 Å². The number of likely N-dealkylation sites (N-methyl/N-ethyl adjacent to an activating group) is 1. The second-order valence-corrected chi connectivity index (χ2v) is 6.02. The van der Waals surface area contributed by atoms with Gasteiger partial charge >= 0.3 is 0 Å². The van der Waals surface area contributed by atoms with Gasteiger partial charge in [-0.25, -0.2) is 0 Å². The van der Waals surface area contributed by atoms with Gasteiger partial charge in [0.05, 0.1) is 0 Å². The number of aromatic hydroxyl groups is 1. The summed E-state index contributed by atoms with van der Waals surface area (Å²) in [7, 11) is 4.09. The molecule has 1 heterocycles. The highest BCUT2D eigenvalue weighted by atomic mass is 16.3. The fourth-order valence-electron chi connectivity index (χ4n) is 2.87. The highest BCUT2D eigenvalue weighted by Crippen LogP contribution is 2.30. The maximum absolute atomic E-state index is 10.2. The molecule has 4 nitrogen and oxygen atoms in total. The molecule has 0 radical (unpaired) electrons. The fourth-order valence-corrected chi connectivity index (χ4v) is 2.87. The highest BCUT2D eigenvalue weighted by molar-refractivity contribution is 5.54. The molecule has 3 atom stereocenters. The van der Waals surface area contributed by atoms with Gasteiger partial charge in [-0.15, -0.1) is 0 Å². The van der Waals surface area contributed by atoms with E-state index in [-0.39, 0.29) is 6.04 Å². The quantitative estimate of drug-likeness (QED) is 0.888. The maximum atomic E-state index is 10.2. The molecule has 1 aromatic carbocycles. The Balaban J connectivity index is 2.20. The van der Waals surface area contributed by atoms with Crippen LogP contribution < -0.4 is 10.2 Å². The largest absolute Gasteiger partial charge is 0.508 e.